The molecule has 1 amide bonds. The molecule has 0 fully saturated rings. The fourth-order valence-electron chi connectivity index (χ4n) is 3.10. The van der Waals surface area contributed by atoms with Crippen molar-refractivity contribution in [3.8, 4) is 11.5 Å². The Labute approximate surface area is 154 Å². The van der Waals surface area contributed by atoms with E-state index < -0.39 is 18.8 Å². The fourth-order valence-corrected chi connectivity index (χ4v) is 3.10. The molecule has 0 radical (unpaired) electrons. The number of halogens is 3. The Morgan fingerprint density at radius 1 is 1.26 bits per heavy atom. The average Bonchev–Trinajstić information content (AvgIpc) is 3.06. The Hall–Kier alpha value is -2.20. The lowest BCUT2D eigenvalue weighted by molar-refractivity contribution is -0.200. The molecule has 7 nitrogen and oxygen atoms in total. The van der Waals surface area contributed by atoms with E-state index in [2.05, 4.69) is 0 Å². The summed E-state index contributed by atoms with van der Waals surface area (Å²) in [5.41, 5.74) is 1.11. The molecule has 0 bridgehead atoms. The molecule has 2 aliphatic heterocycles. The van der Waals surface area contributed by atoms with E-state index in [1.165, 1.54) is 12.0 Å². The summed E-state index contributed by atoms with van der Waals surface area (Å²) < 4.78 is 54.3. The fraction of sp³-hybridized carbons (Fsp3) is 0.588. The number of carbonyl (C=O) groups excluding carboxylic acids is 1. The van der Waals surface area contributed by atoms with Crippen LogP contribution in [-0.2, 0) is 16.1 Å². The van der Waals surface area contributed by atoms with Crippen molar-refractivity contribution in [3.63, 3.8) is 0 Å². The number of nitrogens with zero attached hydrogens (tertiary/aromatic N) is 2. The molecule has 1 N–H and O–H groups in total. The molecule has 1 atom stereocenters. The van der Waals surface area contributed by atoms with Gasteiger partial charge in [0.25, 0.3) is 0 Å². The number of anilines is 1. The van der Waals surface area contributed by atoms with Gasteiger partial charge >= 0.3 is 6.18 Å². The molecule has 10 heteroatoms. The summed E-state index contributed by atoms with van der Waals surface area (Å²) in [6.07, 6.45) is -7.23. The van der Waals surface area contributed by atoms with E-state index in [9.17, 15) is 23.1 Å². The first-order chi connectivity index (χ1) is 12.8. The minimum Gasteiger partial charge on any atom is -0.454 e. The number of rotatable bonds is 5. The molecule has 2 aliphatic rings. The molecule has 3 rings (SSSR count). The van der Waals surface area contributed by atoms with Crippen molar-refractivity contribution in [2.45, 2.75) is 25.2 Å². The van der Waals surface area contributed by atoms with Crippen molar-refractivity contribution in [3.05, 3.63) is 17.7 Å². The van der Waals surface area contributed by atoms with Crippen LogP contribution in [-0.4, -0.2) is 68.3 Å². The number of hydrogen-bond donors (Lipinski definition) is 1. The van der Waals surface area contributed by atoms with E-state index in [4.69, 9.17) is 14.2 Å². The zero-order valence-corrected chi connectivity index (χ0v) is 14.8. The van der Waals surface area contributed by atoms with Gasteiger partial charge in [0.05, 0.1) is 13.2 Å². The maximum absolute atomic E-state index is 12.8. The van der Waals surface area contributed by atoms with Gasteiger partial charge in [-0.25, -0.2) is 0 Å². The molecule has 1 unspecified atom stereocenters. The molecule has 1 aromatic rings. The van der Waals surface area contributed by atoms with Crippen molar-refractivity contribution >= 4 is 11.6 Å². The number of ether oxygens (including phenoxy) is 3. The first kappa shape index (κ1) is 19.6. The summed E-state index contributed by atoms with van der Waals surface area (Å²) in [5, 5.41) is 9.52. The van der Waals surface area contributed by atoms with Gasteiger partial charge in [-0.2, -0.15) is 13.2 Å². The zero-order chi connectivity index (χ0) is 19.6. The van der Waals surface area contributed by atoms with Crippen LogP contribution >= 0.6 is 0 Å². The van der Waals surface area contributed by atoms with E-state index in [1.54, 1.807) is 17.0 Å². The summed E-state index contributed by atoms with van der Waals surface area (Å²) in [5.74, 6) is 0.710. The van der Waals surface area contributed by atoms with Crippen LogP contribution in [0.25, 0.3) is 0 Å². The van der Waals surface area contributed by atoms with Gasteiger partial charge < -0.3 is 29.1 Å². The first-order valence-corrected chi connectivity index (χ1v) is 8.48. The van der Waals surface area contributed by atoms with Gasteiger partial charge in [0.15, 0.2) is 17.6 Å². The molecule has 0 aliphatic carbocycles. The maximum atomic E-state index is 12.8. The Morgan fingerprint density at radius 2 is 1.96 bits per heavy atom. The van der Waals surface area contributed by atoms with E-state index in [1.807, 2.05) is 0 Å². The van der Waals surface area contributed by atoms with Gasteiger partial charge in [-0.3, -0.25) is 4.79 Å². The van der Waals surface area contributed by atoms with Crippen LogP contribution in [0.1, 0.15) is 12.0 Å². The lowest BCUT2D eigenvalue weighted by atomic mass is 10.1. The smallest absolute Gasteiger partial charge is 0.416 e. The van der Waals surface area contributed by atoms with Crippen LogP contribution in [0.5, 0.6) is 11.5 Å². The normalized spacial score (nSPS) is 18.2. The monoisotopic (exact) mass is 390 g/mol. The molecular formula is C17H21F3N2O5. The second kappa shape index (κ2) is 7.81. The first-order valence-electron chi connectivity index (χ1n) is 8.48. The van der Waals surface area contributed by atoms with Crippen LogP contribution < -0.4 is 14.4 Å². The minimum atomic E-state index is -4.74. The predicted molar refractivity (Wildman–Crippen MR) is 88.7 cm³/mol. The number of benzene rings is 1. The molecular weight excluding hydrogens is 369 g/mol. The summed E-state index contributed by atoms with van der Waals surface area (Å²) >= 11 is 0. The Morgan fingerprint density at radius 3 is 2.63 bits per heavy atom. The second-order valence-corrected chi connectivity index (χ2v) is 6.40. The van der Waals surface area contributed by atoms with Crippen LogP contribution in [0.4, 0.5) is 18.9 Å². The predicted octanol–water partition coefficient (Wildman–Crippen LogP) is 1.52. The number of alkyl halides is 3. The highest BCUT2D eigenvalue weighted by Gasteiger charge is 2.40. The standard InChI is InChI=1S/C17H21F3N2O5/c1-25-5-4-22-8-11-6-13-14(27-10-26-13)7-12(11)21(3-2-16(22)24)9-15(23)17(18,19)20/h6-7,15,23H,2-5,8-10H2,1H3. The third-order valence-corrected chi connectivity index (χ3v) is 4.56. The number of methoxy groups -OCH3 is 1. The summed E-state index contributed by atoms with van der Waals surface area (Å²) in [6, 6.07) is 3.27. The van der Waals surface area contributed by atoms with E-state index in [0.717, 1.165) is 0 Å². The van der Waals surface area contributed by atoms with Gasteiger partial charge in [-0.1, -0.05) is 0 Å². The van der Waals surface area contributed by atoms with E-state index >= 15 is 0 Å². The Bertz CT molecular complexity index is 698. The quantitative estimate of drug-likeness (QED) is 0.822. The third kappa shape index (κ3) is 4.38. The number of β-amino-alcohol motifs (C(OH)–C–C–N with tert-alkyl or cyclic N) is 1. The van der Waals surface area contributed by atoms with Gasteiger partial charge in [-0.05, 0) is 11.6 Å². The molecule has 1 aromatic carbocycles. The number of hydrogen-bond acceptors (Lipinski definition) is 6. The summed E-state index contributed by atoms with van der Waals surface area (Å²) in [4.78, 5) is 15.4. The highest BCUT2D eigenvalue weighted by Crippen LogP contribution is 2.40. The topological polar surface area (TPSA) is 71.5 Å². The van der Waals surface area contributed by atoms with Crippen LogP contribution in [0.2, 0.25) is 0 Å². The molecule has 2 heterocycles. The van der Waals surface area contributed by atoms with Gasteiger partial charge in [0, 0.05) is 44.9 Å². The number of fused-ring (bicyclic) bond motifs is 2. The van der Waals surface area contributed by atoms with E-state index in [0.29, 0.717) is 35.9 Å². The second-order valence-electron chi connectivity index (χ2n) is 6.40. The number of aliphatic hydroxyl groups is 1. The number of aliphatic hydroxyl groups excluding tert-OH is 1. The third-order valence-electron chi connectivity index (χ3n) is 4.56. The molecule has 0 spiro atoms. The SMILES string of the molecule is COCCN1Cc2cc3c(cc2N(CC(O)C(F)(F)F)CCC1=O)OCO3. The summed E-state index contributed by atoms with van der Waals surface area (Å²) in [7, 11) is 1.53. The van der Waals surface area contributed by atoms with Crippen molar-refractivity contribution in [1.29, 1.82) is 0 Å². The van der Waals surface area contributed by atoms with Crippen LogP contribution in [0.3, 0.4) is 0 Å². The molecule has 27 heavy (non-hydrogen) atoms. The van der Waals surface area contributed by atoms with Gasteiger partial charge in [-0.15, -0.1) is 0 Å². The molecule has 150 valence electrons. The van der Waals surface area contributed by atoms with Crippen LogP contribution in [0.15, 0.2) is 12.1 Å². The summed E-state index contributed by atoms with van der Waals surface area (Å²) in [6.45, 7) is 0.322. The minimum absolute atomic E-state index is 0.0235. The van der Waals surface area contributed by atoms with Gasteiger partial charge in [0.1, 0.15) is 0 Å². The molecule has 0 saturated carbocycles. The lowest BCUT2D eigenvalue weighted by Gasteiger charge is -2.34. The van der Waals surface area contributed by atoms with Crippen molar-refractivity contribution in [2.24, 2.45) is 0 Å². The highest BCUT2D eigenvalue weighted by molar-refractivity contribution is 5.78. The number of amides is 1. The van der Waals surface area contributed by atoms with Crippen molar-refractivity contribution in [1.82, 2.24) is 4.90 Å². The zero-order valence-electron chi connectivity index (χ0n) is 14.8. The largest absolute Gasteiger partial charge is 0.454 e. The average molecular weight is 390 g/mol. The van der Waals surface area contributed by atoms with Crippen LogP contribution in [0, 0.1) is 0 Å². The lowest BCUT2D eigenvalue weighted by Crippen LogP contribution is -2.45. The van der Waals surface area contributed by atoms with Crippen molar-refractivity contribution < 1.29 is 37.3 Å². The number of carbonyl (C=O) groups is 1. The Balaban J connectivity index is 1.94. The Kier molecular flexibility index (Phi) is 5.66. The van der Waals surface area contributed by atoms with Gasteiger partial charge in [0.2, 0.25) is 12.7 Å². The van der Waals surface area contributed by atoms with E-state index in [-0.39, 0.29) is 32.2 Å². The molecule has 0 saturated heterocycles. The molecule has 0 aromatic heterocycles. The highest BCUT2D eigenvalue weighted by atomic mass is 19.4. The van der Waals surface area contributed by atoms with Crippen molar-refractivity contribution in [2.75, 3.05) is 45.0 Å². The maximum Gasteiger partial charge on any atom is 0.416 e.